The van der Waals surface area contributed by atoms with Gasteiger partial charge in [-0.2, -0.15) is 0 Å². The maximum absolute atomic E-state index is 4.85. The molecule has 0 N–H and O–H groups in total. The van der Waals surface area contributed by atoms with Gasteiger partial charge in [0.2, 0.25) is 0 Å². The van der Waals surface area contributed by atoms with Crippen LogP contribution in [-0.4, -0.2) is 15.0 Å². The molecule has 0 saturated heterocycles. The molecule has 0 aliphatic rings. The largest absolute Gasteiger partial charge is 0.262 e. The minimum absolute atomic E-state index is 0.808. The Kier molecular flexibility index (Phi) is 3.31. The maximum atomic E-state index is 4.85. The van der Waals surface area contributed by atoms with E-state index in [0.717, 1.165) is 33.5 Å². The Bertz CT molecular complexity index is 961. The van der Waals surface area contributed by atoms with Crippen LogP contribution < -0.4 is 0 Å². The third-order valence-electron chi connectivity index (χ3n) is 3.84. The van der Waals surface area contributed by atoms with Crippen LogP contribution in [0.3, 0.4) is 0 Å². The molecular weight excluding hydrogens is 282 g/mol. The predicted molar refractivity (Wildman–Crippen MR) is 92.9 cm³/mol. The second-order valence-electron chi connectivity index (χ2n) is 5.52. The number of aromatic nitrogens is 3. The Balaban J connectivity index is 2.02. The van der Waals surface area contributed by atoms with Crippen LogP contribution in [0.1, 0.15) is 5.56 Å². The molecule has 110 valence electrons. The van der Waals surface area contributed by atoms with Crippen molar-refractivity contribution >= 4 is 11.0 Å². The molecule has 0 spiro atoms. The summed E-state index contributed by atoms with van der Waals surface area (Å²) >= 11 is 0. The molecule has 0 fully saturated rings. The molecule has 0 saturated carbocycles. The van der Waals surface area contributed by atoms with Crippen molar-refractivity contribution in [2.75, 3.05) is 0 Å². The zero-order chi connectivity index (χ0) is 15.6. The fraction of sp³-hybridized carbons (Fsp3) is 0.0500. The van der Waals surface area contributed by atoms with E-state index in [1.54, 1.807) is 12.4 Å². The first kappa shape index (κ1) is 13.6. The van der Waals surface area contributed by atoms with E-state index in [4.69, 9.17) is 9.97 Å². The molecule has 0 aliphatic carbocycles. The van der Waals surface area contributed by atoms with Gasteiger partial charge in [0.1, 0.15) is 5.52 Å². The zero-order valence-electron chi connectivity index (χ0n) is 12.8. The van der Waals surface area contributed by atoms with Gasteiger partial charge in [0, 0.05) is 17.3 Å². The Morgan fingerprint density at radius 1 is 0.652 bits per heavy atom. The standard InChI is InChI=1S/C20H15N3/c1-14-7-9-16(10-8-14)20-19(15-5-3-2-4-6-15)23-18-13-21-12-11-17(18)22-20/h2-13H,1H3. The van der Waals surface area contributed by atoms with Crippen LogP contribution in [0, 0.1) is 6.92 Å². The van der Waals surface area contributed by atoms with Crippen molar-refractivity contribution in [1.82, 2.24) is 15.0 Å². The van der Waals surface area contributed by atoms with Crippen molar-refractivity contribution in [1.29, 1.82) is 0 Å². The first-order valence-electron chi connectivity index (χ1n) is 7.55. The molecule has 3 heteroatoms. The molecule has 2 aromatic heterocycles. The van der Waals surface area contributed by atoms with E-state index in [-0.39, 0.29) is 0 Å². The maximum Gasteiger partial charge on any atom is 0.108 e. The van der Waals surface area contributed by atoms with Crippen molar-refractivity contribution in [2.45, 2.75) is 6.92 Å². The van der Waals surface area contributed by atoms with E-state index in [2.05, 4.69) is 48.3 Å². The van der Waals surface area contributed by atoms with Crippen LogP contribution >= 0.6 is 0 Å². The van der Waals surface area contributed by atoms with Crippen molar-refractivity contribution in [2.24, 2.45) is 0 Å². The topological polar surface area (TPSA) is 38.7 Å². The van der Waals surface area contributed by atoms with Gasteiger partial charge in [0.25, 0.3) is 0 Å². The first-order chi connectivity index (χ1) is 11.3. The Hall–Kier alpha value is -3.07. The van der Waals surface area contributed by atoms with E-state index in [1.807, 2.05) is 24.3 Å². The molecule has 0 amide bonds. The van der Waals surface area contributed by atoms with E-state index < -0.39 is 0 Å². The number of hydrogen-bond donors (Lipinski definition) is 0. The number of aryl methyl sites for hydroxylation is 1. The highest BCUT2D eigenvalue weighted by Crippen LogP contribution is 2.30. The lowest BCUT2D eigenvalue weighted by atomic mass is 10.0. The van der Waals surface area contributed by atoms with Crippen LogP contribution in [-0.2, 0) is 0 Å². The van der Waals surface area contributed by atoms with Crippen LogP contribution in [0.5, 0.6) is 0 Å². The Labute approximate surface area is 134 Å². The summed E-state index contributed by atoms with van der Waals surface area (Å²) in [7, 11) is 0. The summed E-state index contributed by atoms with van der Waals surface area (Å²) in [5.41, 5.74) is 6.80. The number of benzene rings is 2. The summed E-state index contributed by atoms with van der Waals surface area (Å²) in [6.45, 7) is 2.08. The molecule has 0 aliphatic heterocycles. The first-order valence-corrected chi connectivity index (χ1v) is 7.55. The highest BCUT2D eigenvalue weighted by Gasteiger charge is 2.12. The van der Waals surface area contributed by atoms with Crippen LogP contribution in [0.4, 0.5) is 0 Å². The summed E-state index contributed by atoms with van der Waals surface area (Å²) in [5.74, 6) is 0. The normalized spacial score (nSPS) is 10.8. The molecular formula is C20H15N3. The lowest BCUT2D eigenvalue weighted by Crippen LogP contribution is -1.95. The van der Waals surface area contributed by atoms with Crippen LogP contribution in [0.25, 0.3) is 33.5 Å². The molecule has 23 heavy (non-hydrogen) atoms. The second kappa shape index (κ2) is 5.61. The SMILES string of the molecule is Cc1ccc(-c2nc3ccncc3nc2-c2ccccc2)cc1. The summed E-state index contributed by atoms with van der Waals surface area (Å²) in [6.07, 6.45) is 3.51. The van der Waals surface area contributed by atoms with Crippen molar-refractivity contribution in [3.8, 4) is 22.5 Å². The fourth-order valence-electron chi connectivity index (χ4n) is 2.62. The number of nitrogens with zero attached hydrogens (tertiary/aromatic N) is 3. The molecule has 3 nitrogen and oxygen atoms in total. The van der Waals surface area contributed by atoms with Gasteiger partial charge in [-0.15, -0.1) is 0 Å². The van der Waals surface area contributed by atoms with E-state index in [0.29, 0.717) is 0 Å². The molecule has 4 rings (SSSR count). The van der Waals surface area contributed by atoms with Gasteiger partial charge in [-0.1, -0.05) is 60.2 Å². The van der Waals surface area contributed by atoms with Crippen LogP contribution in [0.15, 0.2) is 73.1 Å². The lowest BCUT2D eigenvalue weighted by Gasteiger charge is -2.10. The summed E-state index contributed by atoms with van der Waals surface area (Å²) in [6, 6.07) is 20.4. The molecule has 0 atom stereocenters. The summed E-state index contributed by atoms with van der Waals surface area (Å²) in [5, 5.41) is 0. The number of hydrogen-bond acceptors (Lipinski definition) is 3. The van der Waals surface area contributed by atoms with Crippen molar-refractivity contribution < 1.29 is 0 Å². The van der Waals surface area contributed by atoms with Gasteiger partial charge in [-0.3, -0.25) is 4.98 Å². The van der Waals surface area contributed by atoms with Crippen molar-refractivity contribution in [3.05, 3.63) is 78.6 Å². The third-order valence-corrected chi connectivity index (χ3v) is 3.84. The smallest absolute Gasteiger partial charge is 0.108 e. The van der Waals surface area contributed by atoms with E-state index in [9.17, 15) is 0 Å². The van der Waals surface area contributed by atoms with Crippen molar-refractivity contribution in [3.63, 3.8) is 0 Å². The minimum Gasteiger partial charge on any atom is -0.262 e. The second-order valence-corrected chi connectivity index (χ2v) is 5.52. The van der Waals surface area contributed by atoms with Gasteiger partial charge in [0.15, 0.2) is 0 Å². The minimum atomic E-state index is 0.808. The van der Waals surface area contributed by atoms with Gasteiger partial charge in [-0.05, 0) is 13.0 Å². The van der Waals surface area contributed by atoms with Gasteiger partial charge in [-0.25, -0.2) is 9.97 Å². The molecule has 0 radical (unpaired) electrons. The zero-order valence-corrected chi connectivity index (χ0v) is 12.8. The third kappa shape index (κ3) is 2.57. The van der Waals surface area contributed by atoms with Gasteiger partial charge < -0.3 is 0 Å². The average molecular weight is 297 g/mol. The highest BCUT2D eigenvalue weighted by molar-refractivity contribution is 5.85. The quantitative estimate of drug-likeness (QED) is 0.540. The van der Waals surface area contributed by atoms with Crippen LogP contribution in [0.2, 0.25) is 0 Å². The summed E-state index contributed by atoms with van der Waals surface area (Å²) in [4.78, 5) is 13.8. The fourth-order valence-corrected chi connectivity index (χ4v) is 2.62. The Morgan fingerprint density at radius 3 is 2.04 bits per heavy atom. The van der Waals surface area contributed by atoms with E-state index >= 15 is 0 Å². The molecule has 2 heterocycles. The number of fused-ring (bicyclic) bond motifs is 1. The number of rotatable bonds is 2. The molecule has 0 unspecified atom stereocenters. The number of pyridine rings is 1. The van der Waals surface area contributed by atoms with Gasteiger partial charge >= 0.3 is 0 Å². The highest BCUT2D eigenvalue weighted by atomic mass is 14.8. The van der Waals surface area contributed by atoms with E-state index in [1.165, 1.54) is 5.56 Å². The summed E-state index contributed by atoms with van der Waals surface area (Å²) < 4.78 is 0. The monoisotopic (exact) mass is 297 g/mol. The molecule has 0 bridgehead atoms. The van der Waals surface area contributed by atoms with Gasteiger partial charge in [0.05, 0.1) is 23.1 Å². The molecule has 4 aromatic rings. The molecule has 2 aromatic carbocycles. The Morgan fingerprint density at radius 2 is 1.30 bits per heavy atom. The average Bonchev–Trinajstić information content (AvgIpc) is 2.62. The predicted octanol–water partition coefficient (Wildman–Crippen LogP) is 4.67. The lowest BCUT2D eigenvalue weighted by molar-refractivity contribution is 1.25.